The number of aromatic nitrogens is 2. The molecule has 0 radical (unpaired) electrons. The lowest BCUT2D eigenvalue weighted by Gasteiger charge is -2.10. The standard InChI is InChI=1S/C16H23N3O/c1-12-15(8-6-10-17)13(2)19(18-12)11-14-7-4-5-9-16(14)20-3/h4-5,7,9H,6,8,10-11,17H2,1-3H3. The molecule has 108 valence electrons. The van der Waals surface area contributed by atoms with Gasteiger partial charge in [-0.25, -0.2) is 0 Å². The molecule has 2 aromatic rings. The second-order valence-electron chi connectivity index (χ2n) is 5.01. The molecule has 4 nitrogen and oxygen atoms in total. The lowest BCUT2D eigenvalue weighted by atomic mass is 10.1. The average molecular weight is 273 g/mol. The molecule has 2 rings (SSSR count). The highest BCUT2D eigenvalue weighted by Crippen LogP contribution is 2.21. The molecule has 0 saturated carbocycles. The van der Waals surface area contributed by atoms with Gasteiger partial charge in [0.1, 0.15) is 5.75 Å². The van der Waals surface area contributed by atoms with Crippen LogP contribution in [0.5, 0.6) is 5.75 Å². The van der Waals surface area contributed by atoms with Crippen molar-refractivity contribution in [1.82, 2.24) is 9.78 Å². The Labute approximate surface area is 120 Å². The Morgan fingerprint density at radius 2 is 2.00 bits per heavy atom. The van der Waals surface area contributed by atoms with E-state index in [1.54, 1.807) is 7.11 Å². The van der Waals surface area contributed by atoms with Crippen molar-refractivity contribution in [2.24, 2.45) is 5.73 Å². The minimum absolute atomic E-state index is 0.719. The number of nitrogens with two attached hydrogens (primary N) is 1. The highest BCUT2D eigenvalue weighted by molar-refractivity contribution is 5.34. The molecule has 0 amide bonds. The molecule has 20 heavy (non-hydrogen) atoms. The van der Waals surface area contributed by atoms with Crippen LogP contribution in [0.2, 0.25) is 0 Å². The van der Waals surface area contributed by atoms with Gasteiger partial charge in [0.2, 0.25) is 0 Å². The van der Waals surface area contributed by atoms with E-state index in [2.05, 4.69) is 29.7 Å². The van der Waals surface area contributed by atoms with Gasteiger partial charge in [-0.15, -0.1) is 0 Å². The Kier molecular flexibility index (Phi) is 4.79. The summed E-state index contributed by atoms with van der Waals surface area (Å²) in [5, 5.41) is 4.65. The summed E-state index contributed by atoms with van der Waals surface area (Å²) in [6.45, 7) is 5.65. The second kappa shape index (κ2) is 6.57. The lowest BCUT2D eigenvalue weighted by molar-refractivity contribution is 0.407. The lowest BCUT2D eigenvalue weighted by Crippen LogP contribution is -2.06. The molecule has 0 aliphatic heterocycles. The highest BCUT2D eigenvalue weighted by atomic mass is 16.5. The van der Waals surface area contributed by atoms with Crippen molar-refractivity contribution in [3.05, 3.63) is 46.8 Å². The number of ether oxygens (including phenoxy) is 1. The third-order valence-electron chi connectivity index (χ3n) is 3.67. The first-order chi connectivity index (χ1) is 9.67. The zero-order valence-electron chi connectivity index (χ0n) is 12.5. The zero-order chi connectivity index (χ0) is 14.5. The molecular weight excluding hydrogens is 250 g/mol. The fourth-order valence-corrected chi connectivity index (χ4v) is 2.52. The van der Waals surface area contributed by atoms with Gasteiger partial charge in [0, 0.05) is 11.3 Å². The van der Waals surface area contributed by atoms with Gasteiger partial charge in [-0.1, -0.05) is 18.2 Å². The van der Waals surface area contributed by atoms with Gasteiger partial charge in [-0.05, 0) is 44.9 Å². The van der Waals surface area contributed by atoms with Crippen LogP contribution in [0.15, 0.2) is 24.3 Å². The van der Waals surface area contributed by atoms with Gasteiger partial charge in [0.25, 0.3) is 0 Å². The summed E-state index contributed by atoms with van der Waals surface area (Å²) in [7, 11) is 1.70. The molecule has 0 aliphatic rings. The summed E-state index contributed by atoms with van der Waals surface area (Å²) in [4.78, 5) is 0. The number of benzene rings is 1. The van der Waals surface area contributed by atoms with E-state index < -0.39 is 0 Å². The zero-order valence-corrected chi connectivity index (χ0v) is 12.5. The molecule has 2 N–H and O–H groups in total. The van der Waals surface area contributed by atoms with E-state index in [1.165, 1.54) is 11.3 Å². The van der Waals surface area contributed by atoms with Crippen molar-refractivity contribution in [3.63, 3.8) is 0 Å². The first kappa shape index (κ1) is 14.6. The molecule has 0 atom stereocenters. The van der Waals surface area contributed by atoms with E-state index in [-0.39, 0.29) is 0 Å². The number of aryl methyl sites for hydroxylation is 1. The van der Waals surface area contributed by atoms with E-state index in [0.717, 1.165) is 42.9 Å². The molecule has 0 saturated heterocycles. The average Bonchev–Trinajstić information content (AvgIpc) is 2.72. The molecule has 1 heterocycles. The van der Waals surface area contributed by atoms with Crippen LogP contribution in [0.25, 0.3) is 0 Å². The Morgan fingerprint density at radius 1 is 1.25 bits per heavy atom. The van der Waals surface area contributed by atoms with Crippen molar-refractivity contribution in [2.45, 2.75) is 33.2 Å². The first-order valence-corrected chi connectivity index (χ1v) is 7.02. The van der Waals surface area contributed by atoms with Gasteiger partial charge < -0.3 is 10.5 Å². The van der Waals surface area contributed by atoms with Crippen molar-refractivity contribution in [3.8, 4) is 5.75 Å². The van der Waals surface area contributed by atoms with Gasteiger partial charge in [-0.2, -0.15) is 5.10 Å². The summed E-state index contributed by atoms with van der Waals surface area (Å²) >= 11 is 0. The van der Waals surface area contributed by atoms with E-state index in [1.807, 2.05) is 18.2 Å². The number of nitrogens with zero attached hydrogens (tertiary/aromatic N) is 2. The van der Waals surface area contributed by atoms with E-state index in [9.17, 15) is 0 Å². The molecular formula is C16H23N3O. The predicted molar refractivity (Wildman–Crippen MR) is 81.2 cm³/mol. The molecule has 1 aromatic carbocycles. The second-order valence-corrected chi connectivity index (χ2v) is 5.01. The quantitative estimate of drug-likeness (QED) is 0.879. The van der Waals surface area contributed by atoms with Crippen LogP contribution in [-0.2, 0) is 13.0 Å². The van der Waals surface area contributed by atoms with Crippen LogP contribution in [0.4, 0.5) is 0 Å². The van der Waals surface area contributed by atoms with Gasteiger partial charge in [0.05, 0.1) is 19.3 Å². The van der Waals surface area contributed by atoms with Crippen LogP contribution in [-0.4, -0.2) is 23.4 Å². The molecule has 0 aliphatic carbocycles. The minimum atomic E-state index is 0.719. The molecule has 0 unspecified atom stereocenters. The van der Waals surface area contributed by atoms with Crippen molar-refractivity contribution in [1.29, 1.82) is 0 Å². The fourth-order valence-electron chi connectivity index (χ4n) is 2.52. The molecule has 0 fully saturated rings. The molecule has 1 aromatic heterocycles. The largest absolute Gasteiger partial charge is 0.496 e. The van der Waals surface area contributed by atoms with Crippen LogP contribution in [0.3, 0.4) is 0 Å². The van der Waals surface area contributed by atoms with E-state index in [0.29, 0.717) is 0 Å². The Balaban J connectivity index is 2.25. The van der Waals surface area contributed by atoms with E-state index >= 15 is 0 Å². The van der Waals surface area contributed by atoms with E-state index in [4.69, 9.17) is 10.5 Å². The van der Waals surface area contributed by atoms with Crippen molar-refractivity contribution >= 4 is 0 Å². The smallest absolute Gasteiger partial charge is 0.123 e. The number of methoxy groups -OCH3 is 1. The topological polar surface area (TPSA) is 53.1 Å². The SMILES string of the molecule is COc1ccccc1Cn1nc(C)c(CCCN)c1C. The summed E-state index contributed by atoms with van der Waals surface area (Å²) in [6, 6.07) is 8.07. The number of hydrogen-bond donors (Lipinski definition) is 1. The van der Waals surface area contributed by atoms with Crippen LogP contribution in [0.1, 0.15) is 28.9 Å². The number of rotatable bonds is 6. The Hall–Kier alpha value is -1.81. The summed E-state index contributed by atoms with van der Waals surface area (Å²) in [5.41, 5.74) is 10.4. The maximum Gasteiger partial charge on any atom is 0.123 e. The Morgan fingerprint density at radius 3 is 2.70 bits per heavy atom. The fraction of sp³-hybridized carbons (Fsp3) is 0.438. The van der Waals surface area contributed by atoms with Crippen LogP contribution >= 0.6 is 0 Å². The highest BCUT2D eigenvalue weighted by Gasteiger charge is 2.12. The third kappa shape index (κ3) is 3.02. The van der Waals surface area contributed by atoms with Crippen molar-refractivity contribution in [2.75, 3.05) is 13.7 Å². The normalized spacial score (nSPS) is 10.8. The summed E-state index contributed by atoms with van der Waals surface area (Å²) < 4.78 is 7.46. The van der Waals surface area contributed by atoms with Gasteiger partial charge >= 0.3 is 0 Å². The van der Waals surface area contributed by atoms with Gasteiger partial charge in [-0.3, -0.25) is 4.68 Å². The third-order valence-corrected chi connectivity index (χ3v) is 3.67. The Bertz CT molecular complexity index is 575. The maximum absolute atomic E-state index is 5.60. The molecule has 0 bridgehead atoms. The van der Waals surface area contributed by atoms with Gasteiger partial charge in [0.15, 0.2) is 0 Å². The van der Waals surface area contributed by atoms with Crippen molar-refractivity contribution < 1.29 is 4.74 Å². The monoisotopic (exact) mass is 273 g/mol. The summed E-state index contributed by atoms with van der Waals surface area (Å²) in [6.07, 6.45) is 2.00. The van der Waals surface area contributed by atoms with Crippen LogP contribution in [0, 0.1) is 13.8 Å². The first-order valence-electron chi connectivity index (χ1n) is 7.02. The molecule has 4 heteroatoms. The maximum atomic E-state index is 5.60. The predicted octanol–water partition coefficient (Wildman–Crippen LogP) is 2.45. The number of para-hydroxylation sites is 1. The summed E-state index contributed by atoms with van der Waals surface area (Å²) in [5.74, 6) is 0.906. The van der Waals surface area contributed by atoms with Crippen LogP contribution < -0.4 is 10.5 Å². The molecule has 0 spiro atoms. The number of hydrogen-bond acceptors (Lipinski definition) is 3. The minimum Gasteiger partial charge on any atom is -0.496 e.